The number of rotatable bonds is 5. The minimum Gasteiger partial charge on any atom is -0.456 e. The van der Waals surface area contributed by atoms with Gasteiger partial charge in [0.2, 0.25) is 0 Å². The number of thiophene rings is 1. The minimum absolute atomic E-state index is 0.841. The van der Waals surface area contributed by atoms with E-state index in [0.717, 1.165) is 77.6 Å². The van der Waals surface area contributed by atoms with E-state index in [4.69, 9.17) is 8.83 Å². The number of hydrogen-bond acceptors (Lipinski definition) is 4. The van der Waals surface area contributed by atoms with E-state index in [9.17, 15) is 0 Å². The Hall–Kier alpha value is -7.66. The highest BCUT2D eigenvalue weighted by Gasteiger charge is 2.24. The van der Waals surface area contributed by atoms with E-state index in [-0.39, 0.29) is 0 Å². The van der Waals surface area contributed by atoms with Gasteiger partial charge in [-0.1, -0.05) is 127 Å². The molecule has 280 valence electrons. The first-order valence-corrected chi connectivity index (χ1v) is 21.1. The largest absolute Gasteiger partial charge is 0.456 e. The van der Waals surface area contributed by atoms with Crippen LogP contribution in [0.2, 0.25) is 0 Å². The van der Waals surface area contributed by atoms with E-state index in [0.29, 0.717) is 0 Å². The summed E-state index contributed by atoms with van der Waals surface area (Å²) in [7, 11) is 0. The molecule has 0 aliphatic rings. The zero-order chi connectivity index (χ0) is 39.3. The second-order valence-electron chi connectivity index (χ2n) is 15.6. The van der Waals surface area contributed by atoms with Crippen LogP contribution in [0, 0.1) is 0 Å². The fourth-order valence-electron chi connectivity index (χ4n) is 9.55. The van der Waals surface area contributed by atoms with Gasteiger partial charge < -0.3 is 13.7 Å². The maximum Gasteiger partial charge on any atom is 0.137 e. The molecule has 60 heavy (non-hydrogen) atoms. The number of anilines is 3. The molecule has 13 aromatic rings. The van der Waals surface area contributed by atoms with Crippen molar-refractivity contribution < 1.29 is 8.83 Å². The van der Waals surface area contributed by atoms with E-state index >= 15 is 0 Å². The Bertz CT molecular complexity index is 3750. The second kappa shape index (κ2) is 12.9. The standard InChI is InChI=1S/C56H33NO2S/c1-2-13-38-34(12-1)30-48(40-15-4-3-14-39(38)40)47-19-11-20-49(56(47)35-24-27-46-45-18-7-10-23-54(45)60-55(46)31-35)57(36-25-28-43-41-16-5-8-21-50(41)58-52(43)32-36)37-26-29-44-42-17-6-9-22-51(42)59-53(44)33-37/h1-33H. The van der Waals surface area contributed by atoms with Crippen molar-refractivity contribution in [3.05, 3.63) is 200 Å². The molecule has 0 aliphatic heterocycles. The van der Waals surface area contributed by atoms with Gasteiger partial charge in [0, 0.05) is 70.8 Å². The lowest BCUT2D eigenvalue weighted by atomic mass is 9.87. The predicted octanol–water partition coefficient (Wildman–Crippen LogP) is 17.0. The third-order valence-corrected chi connectivity index (χ3v) is 13.4. The molecular weight excluding hydrogens is 751 g/mol. The fourth-order valence-corrected chi connectivity index (χ4v) is 10.7. The summed E-state index contributed by atoms with van der Waals surface area (Å²) in [6, 6.07) is 72.3. The molecule has 0 bridgehead atoms. The van der Waals surface area contributed by atoms with Crippen molar-refractivity contribution in [1.29, 1.82) is 0 Å². The number of furan rings is 2. The highest BCUT2D eigenvalue weighted by molar-refractivity contribution is 7.25. The van der Waals surface area contributed by atoms with Crippen LogP contribution in [0.1, 0.15) is 0 Å². The van der Waals surface area contributed by atoms with E-state index in [1.54, 1.807) is 0 Å². The monoisotopic (exact) mass is 783 g/mol. The third-order valence-electron chi connectivity index (χ3n) is 12.3. The summed E-state index contributed by atoms with van der Waals surface area (Å²) in [5.74, 6) is 0. The quantitative estimate of drug-likeness (QED) is 0.163. The Morgan fingerprint density at radius 2 is 0.883 bits per heavy atom. The van der Waals surface area contributed by atoms with E-state index < -0.39 is 0 Å². The molecule has 0 radical (unpaired) electrons. The molecule has 4 heteroatoms. The van der Waals surface area contributed by atoms with Gasteiger partial charge >= 0.3 is 0 Å². The van der Waals surface area contributed by atoms with Crippen LogP contribution in [0.25, 0.3) is 108 Å². The average molecular weight is 784 g/mol. The summed E-state index contributed by atoms with van der Waals surface area (Å²) < 4.78 is 15.7. The first-order chi connectivity index (χ1) is 29.7. The summed E-state index contributed by atoms with van der Waals surface area (Å²) in [5, 5.41) is 11.9. The summed E-state index contributed by atoms with van der Waals surface area (Å²) in [6.07, 6.45) is 0. The molecule has 0 N–H and O–H groups in total. The van der Waals surface area contributed by atoms with Crippen LogP contribution in [-0.4, -0.2) is 0 Å². The Morgan fingerprint density at radius 1 is 0.333 bits per heavy atom. The topological polar surface area (TPSA) is 29.5 Å². The van der Waals surface area contributed by atoms with Crippen molar-refractivity contribution in [3.63, 3.8) is 0 Å². The summed E-state index contributed by atoms with van der Waals surface area (Å²) in [4.78, 5) is 2.39. The van der Waals surface area contributed by atoms with Gasteiger partial charge in [0.1, 0.15) is 22.3 Å². The smallest absolute Gasteiger partial charge is 0.137 e. The van der Waals surface area contributed by atoms with Crippen molar-refractivity contribution in [3.8, 4) is 22.3 Å². The molecule has 0 unspecified atom stereocenters. The number of para-hydroxylation sites is 2. The fraction of sp³-hybridized carbons (Fsp3) is 0. The zero-order valence-corrected chi connectivity index (χ0v) is 33.0. The molecule has 0 saturated heterocycles. The molecule has 3 aromatic heterocycles. The van der Waals surface area contributed by atoms with Gasteiger partial charge in [-0.3, -0.25) is 0 Å². The van der Waals surface area contributed by atoms with Crippen LogP contribution in [0.3, 0.4) is 0 Å². The van der Waals surface area contributed by atoms with Gasteiger partial charge in [-0.2, -0.15) is 0 Å². The zero-order valence-electron chi connectivity index (χ0n) is 32.2. The molecule has 10 aromatic carbocycles. The van der Waals surface area contributed by atoms with Gasteiger partial charge in [0.15, 0.2) is 0 Å². The first kappa shape index (κ1) is 33.3. The van der Waals surface area contributed by atoms with E-state index in [1.807, 2.05) is 35.6 Å². The minimum atomic E-state index is 0.841. The number of hydrogen-bond donors (Lipinski definition) is 0. The van der Waals surface area contributed by atoms with Crippen molar-refractivity contribution in [2.45, 2.75) is 0 Å². The highest BCUT2D eigenvalue weighted by atomic mass is 32.1. The van der Waals surface area contributed by atoms with Crippen molar-refractivity contribution in [1.82, 2.24) is 0 Å². The van der Waals surface area contributed by atoms with Crippen LogP contribution in [0.5, 0.6) is 0 Å². The molecule has 0 saturated carbocycles. The normalized spacial score (nSPS) is 12.0. The molecule has 0 spiro atoms. The van der Waals surface area contributed by atoms with Crippen molar-refractivity contribution in [2.24, 2.45) is 0 Å². The summed E-state index contributed by atoms with van der Waals surface area (Å²) in [5.41, 5.74) is 11.1. The second-order valence-corrected chi connectivity index (χ2v) is 16.7. The molecule has 0 atom stereocenters. The maximum absolute atomic E-state index is 6.56. The Balaban J connectivity index is 1.14. The summed E-state index contributed by atoms with van der Waals surface area (Å²) in [6.45, 7) is 0. The number of fused-ring (bicyclic) bond motifs is 12. The molecule has 0 fully saturated rings. The van der Waals surface area contributed by atoms with Gasteiger partial charge in [-0.15, -0.1) is 11.3 Å². The predicted molar refractivity (Wildman–Crippen MR) is 254 cm³/mol. The van der Waals surface area contributed by atoms with E-state index in [2.05, 4.69) is 181 Å². The Kier molecular flexibility index (Phi) is 7.18. The van der Waals surface area contributed by atoms with Gasteiger partial charge in [-0.25, -0.2) is 0 Å². The SMILES string of the molecule is c1cc(-c2cc3ccccc3c3ccccc23)c(-c2ccc3c(c2)sc2ccccc23)c(N(c2ccc3c(c2)oc2ccccc23)c2ccc3c(c2)oc2ccccc23)c1. The van der Waals surface area contributed by atoms with Gasteiger partial charge in [-0.05, 0) is 98.9 Å². The van der Waals surface area contributed by atoms with Crippen LogP contribution in [-0.2, 0) is 0 Å². The molecule has 3 nitrogen and oxygen atoms in total. The highest BCUT2D eigenvalue weighted by Crippen LogP contribution is 2.50. The third kappa shape index (κ3) is 5.01. The van der Waals surface area contributed by atoms with Gasteiger partial charge in [0.25, 0.3) is 0 Å². The van der Waals surface area contributed by atoms with Crippen LogP contribution >= 0.6 is 11.3 Å². The lowest BCUT2D eigenvalue weighted by Gasteiger charge is -2.29. The lowest BCUT2D eigenvalue weighted by Crippen LogP contribution is -2.11. The van der Waals surface area contributed by atoms with Crippen LogP contribution < -0.4 is 4.90 Å². The van der Waals surface area contributed by atoms with Crippen LogP contribution in [0.4, 0.5) is 17.1 Å². The van der Waals surface area contributed by atoms with E-state index in [1.165, 1.54) is 47.3 Å². The molecule has 0 aliphatic carbocycles. The summed E-state index contributed by atoms with van der Waals surface area (Å²) >= 11 is 1.85. The first-order valence-electron chi connectivity index (χ1n) is 20.3. The average Bonchev–Trinajstić information content (AvgIpc) is 3.99. The van der Waals surface area contributed by atoms with Crippen molar-refractivity contribution in [2.75, 3.05) is 4.90 Å². The number of benzene rings is 10. The lowest BCUT2D eigenvalue weighted by molar-refractivity contribution is 0.669. The molecule has 13 rings (SSSR count). The van der Waals surface area contributed by atoms with Gasteiger partial charge in [0.05, 0.1) is 5.69 Å². The molecular formula is C56H33NO2S. The molecule has 3 heterocycles. The Morgan fingerprint density at radius 3 is 1.60 bits per heavy atom. The number of nitrogens with zero attached hydrogens (tertiary/aromatic N) is 1. The Labute approximate surface area is 348 Å². The molecule has 0 amide bonds. The maximum atomic E-state index is 6.56. The van der Waals surface area contributed by atoms with Crippen LogP contribution in [0.15, 0.2) is 209 Å². The van der Waals surface area contributed by atoms with Crippen molar-refractivity contribution >= 4 is 114 Å².